The van der Waals surface area contributed by atoms with Crippen molar-refractivity contribution in [1.29, 1.82) is 0 Å². The number of nitrogens with zero attached hydrogens (tertiary/aromatic N) is 2. The summed E-state index contributed by atoms with van der Waals surface area (Å²) in [6.45, 7) is 20.8. The molecule has 2 bridgehead atoms. The number of benzene rings is 1. The van der Waals surface area contributed by atoms with Crippen molar-refractivity contribution in [3.8, 4) is 0 Å². The molecule has 1 aromatic carbocycles. The standard InChI is InChI=1S/C19H31N2/c1-15-12-17(19(3,4)5)13-16(2)18(15)14-21-9-6-20(7-10-21)8-11-21/h12-13H,6-11,14H2,1-5H3/q+1. The summed E-state index contributed by atoms with van der Waals surface area (Å²) in [7, 11) is 0. The predicted octanol–water partition coefficient (Wildman–Crippen LogP) is 3.25. The van der Waals surface area contributed by atoms with E-state index in [9.17, 15) is 0 Å². The fraction of sp³-hybridized carbons (Fsp3) is 0.684. The minimum Gasteiger partial charge on any atom is -0.317 e. The molecule has 0 N–H and O–H groups in total. The first-order valence-electron chi connectivity index (χ1n) is 8.47. The molecule has 3 aliphatic rings. The Bertz CT molecular complexity index is 494. The molecule has 0 aliphatic carbocycles. The minimum atomic E-state index is 0.247. The molecule has 3 fully saturated rings. The number of aryl methyl sites for hydroxylation is 2. The third kappa shape index (κ3) is 2.89. The van der Waals surface area contributed by atoms with E-state index in [0.29, 0.717) is 0 Å². The second kappa shape index (κ2) is 5.10. The van der Waals surface area contributed by atoms with Crippen LogP contribution >= 0.6 is 0 Å². The molecule has 0 atom stereocenters. The molecule has 0 aromatic heterocycles. The van der Waals surface area contributed by atoms with Crippen LogP contribution in [0.2, 0.25) is 0 Å². The first kappa shape index (κ1) is 15.1. The van der Waals surface area contributed by atoms with Crippen LogP contribution in [0.4, 0.5) is 0 Å². The van der Waals surface area contributed by atoms with Crippen molar-refractivity contribution in [3.63, 3.8) is 0 Å². The highest BCUT2D eigenvalue weighted by Crippen LogP contribution is 2.30. The first-order valence-corrected chi connectivity index (χ1v) is 8.47. The largest absolute Gasteiger partial charge is 0.317 e. The number of hydrogen-bond donors (Lipinski definition) is 0. The predicted molar refractivity (Wildman–Crippen MR) is 89.6 cm³/mol. The highest BCUT2D eigenvalue weighted by molar-refractivity contribution is 5.40. The third-order valence-corrected chi connectivity index (χ3v) is 5.73. The lowest BCUT2D eigenvalue weighted by molar-refractivity contribution is -0.953. The topological polar surface area (TPSA) is 3.24 Å². The summed E-state index contributed by atoms with van der Waals surface area (Å²) in [5.41, 5.74) is 6.33. The molecule has 2 heteroatoms. The average Bonchev–Trinajstić information content (AvgIpc) is 2.44. The summed E-state index contributed by atoms with van der Waals surface area (Å²) in [6, 6.07) is 4.86. The molecule has 0 spiro atoms. The quantitative estimate of drug-likeness (QED) is 0.755. The maximum Gasteiger partial charge on any atom is 0.105 e. The van der Waals surface area contributed by atoms with Crippen molar-refractivity contribution < 1.29 is 4.48 Å². The fourth-order valence-corrected chi connectivity index (χ4v) is 3.98. The molecule has 3 saturated heterocycles. The minimum absolute atomic E-state index is 0.247. The van der Waals surface area contributed by atoms with E-state index in [4.69, 9.17) is 0 Å². The van der Waals surface area contributed by atoms with E-state index >= 15 is 0 Å². The number of rotatable bonds is 2. The Kier molecular flexibility index (Phi) is 3.66. The van der Waals surface area contributed by atoms with Gasteiger partial charge in [0.15, 0.2) is 0 Å². The molecule has 1 aromatic rings. The zero-order valence-corrected chi connectivity index (χ0v) is 14.5. The van der Waals surface area contributed by atoms with Crippen LogP contribution in [0.5, 0.6) is 0 Å². The lowest BCUT2D eigenvalue weighted by Crippen LogP contribution is -2.66. The summed E-state index contributed by atoms with van der Waals surface area (Å²) in [5, 5.41) is 0. The monoisotopic (exact) mass is 287 g/mol. The van der Waals surface area contributed by atoms with Crippen molar-refractivity contribution in [1.82, 2.24) is 4.90 Å². The normalized spacial score (nSPS) is 28.9. The molecule has 0 saturated carbocycles. The molecule has 3 aliphatic heterocycles. The number of fused-ring (bicyclic) bond motifs is 3. The Labute approximate surface area is 130 Å². The van der Waals surface area contributed by atoms with E-state index in [1.165, 1.54) is 67.0 Å². The Balaban J connectivity index is 1.89. The van der Waals surface area contributed by atoms with Crippen LogP contribution in [0, 0.1) is 13.8 Å². The SMILES string of the molecule is Cc1cc(C(C)(C)C)cc(C)c1C[N+]12CCN(CC1)CC2. The highest BCUT2D eigenvalue weighted by Gasteiger charge is 2.38. The lowest BCUT2D eigenvalue weighted by atomic mass is 9.83. The van der Waals surface area contributed by atoms with Crippen molar-refractivity contribution >= 4 is 0 Å². The van der Waals surface area contributed by atoms with Crippen molar-refractivity contribution in [2.45, 2.75) is 46.6 Å². The van der Waals surface area contributed by atoms with E-state index < -0.39 is 0 Å². The van der Waals surface area contributed by atoms with Crippen LogP contribution in [0.1, 0.15) is 43.0 Å². The van der Waals surface area contributed by atoms with Gasteiger partial charge in [0.1, 0.15) is 6.54 Å². The molecule has 0 unspecified atom stereocenters. The van der Waals surface area contributed by atoms with Gasteiger partial charge in [0, 0.05) is 25.2 Å². The summed E-state index contributed by atoms with van der Waals surface area (Å²) >= 11 is 0. The van der Waals surface area contributed by atoms with Gasteiger partial charge >= 0.3 is 0 Å². The van der Waals surface area contributed by atoms with Gasteiger partial charge in [0.25, 0.3) is 0 Å². The summed E-state index contributed by atoms with van der Waals surface area (Å²) in [5.74, 6) is 0. The number of piperazine rings is 3. The summed E-state index contributed by atoms with van der Waals surface area (Å²) in [6.07, 6.45) is 0. The molecule has 21 heavy (non-hydrogen) atoms. The van der Waals surface area contributed by atoms with Crippen molar-refractivity contribution in [2.75, 3.05) is 39.3 Å². The van der Waals surface area contributed by atoms with E-state index in [-0.39, 0.29) is 5.41 Å². The Morgan fingerprint density at radius 1 is 0.952 bits per heavy atom. The fourth-order valence-electron chi connectivity index (χ4n) is 3.98. The zero-order valence-electron chi connectivity index (χ0n) is 14.5. The number of quaternary nitrogens is 1. The van der Waals surface area contributed by atoms with Crippen LogP contribution < -0.4 is 0 Å². The summed E-state index contributed by atoms with van der Waals surface area (Å²) < 4.78 is 1.33. The molecule has 2 nitrogen and oxygen atoms in total. The van der Waals surface area contributed by atoms with Crippen LogP contribution in [0.3, 0.4) is 0 Å². The molecular formula is C19H31N2+. The van der Waals surface area contributed by atoms with Crippen LogP contribution in [0.25, 0.3) is 0 Å². The lowest BCUT2D eigenvalue weighted by Gasteiger charge is -2.51. The van der Waals surface area contributed by atoms with E-state index in [0.717, 1.165) is 0 Å². The molecule has 0 radical (unpaired) electrons. The highest BCUT2D eigenvalue weighted by atomic mass is 15.4. The van der Waals surface area contributed by atoms with Gasteiger partial charge in [-0.2, -0.15) is 0 Å². The average molecular weight is 287 g/mol. The van der Waals surface area contributed by atoms with Crippen LogP contribution in [-0.4, -0.2) is 48.7 Å². The van der Waals surface area contributed by atoms with Gasteiger partial charge in [-0.1, -0.05) is 32.9 Å². The van der Waals surface area contributed by atoms with Crippen LogP contribution in [-0.2, 0) is 12.0 Å². The third-order valence-electron chi connectivity index (χ3n) is 5.73. The van der Waals surface area contributed by atoms with Gasteiger partial charge in [-0.15, -0.1) is 0 Å². The Morgan fingerprint density at radius 2 is 1.43 bits per heavy atom. The molecule has 4 rings (SSSR count). The smallest absolute Gasteiger partial charge is 0.105 e. The number of hydrogen-bond acceptors (Lipinski definition) is 1. The van der Waals surface area contributed by atoms with Crippen LogP contribution in [0.15, 0.2) is 12.1 Å². The van der Waals surface area contributed by atoms with Gasteiger partial charge < -0.3 is 4.48 Å². The summed E-state index contributed by atoms with van der Waals surface area (Å²) in [4.78, 5) is 2.63. The maximum atomic E-state index is 2.63. The van der Waals surface area contributed by atoms with Gasteiger partial charge in [0.05, 0.1) is 19.6 Å². The van der Waals surface area contributed by atoms with E-state index in [1.807, 2.05) is 0 Å². The molecule has 3 heterocycles. The maximum absolute atomic E-state index is 2.63. The zero-order chi connectivity index (χ0) is 15.3. The molecule has 0 amide bonds. The van der Waals surface area contributed by atoms with Gasteiger partial charge in [-0.3, -0.25) is 4.90 Å². The second-order valence-electron chi connectivity index (χ2n) is 8.35. The van der Waals surface area contributed by atoms with Crippen molar-refractivity contribution in [3.05, 3.63) is 34.4 Å². The van der Waals surface area contributed by atoms with Crippen molar-refractivity contribution in [2.24, 2.45) is 0 Å². The van der Waals surface area contributed by atoms with Gasteiger partial charge in [0.2, 0.25) is 0 Å². The Hall–Kier alpha value is -0.860. The molecule has 116 valence electrons. The second-order valence-corrected chi connectivity index (χ2v) is 8.35. The molecular weight excluding hydrogens is 256 g/mol. The van der Waals surface area contributed by atoms with Gasteiger partial charge in [-0.25, -0.2) is 0 Å². The Morgan fingerprint density at radius 3 is 1.86 bits per heavy atom. The van der Waals surface area contributed by atoms with Gasteiger partial charge in [-0.05, 0) is 36.0 Å². The van der Waals surface area contributed by atoms with E-state index in [2.05, 4.69) is 51.7 Å². The first-order chi connectivity index (χ1) is 9.79. The van der Waals surface area contributed by atoms with E-state index in [1.54, 1.807) is 5.56 Å².